The number of thioether (sulfide) groups is 1. The van der Waals surface area contributed by atoms with Crippen LogP contribution in [-0.4, -0.2) is 62.4 Å². The highest BCUT2D eigenvalue weighted by Gasteiger charge is 2.13. The lowest BCUT2D eigenvalue weighted by atomic mass is 10.2. The number of tetrazole rings is 1. The number of rotatable bonds is 8. The van der Waals surface area contributed by atoms with Crippen molar-refractivity contribution in [2.75, 3.05) is 31.7 Å². The molecule has 8 nitrogen and oxygen atoms in total. The lowest BCUT2D eigenvalue weighted by Crippen LogP contribution is -2.20. The Bertz CT molecular complexity index is 960. The van der Waals surface area contributed by atoms with E-state index >= 15 is 0 Å². The molecule has 0 saturated carbocycles. The number of nitrogens with one attached hydrogen (secondary N) is 1. The van der Waals surface area contributed by atoms with Crippen molar-refractivity contribution >= 4 is 57.3 Å². The normalized spacial score (nSPS) is 11.2. The highest BCUT2D eigenvalue weighted by atomic mass is 35.5. The van der Waals surface area contributed by atoms with Crippen molar-refractivity contribution in [3.05, 3.63) is 33.6 Å². The molecule has 3 rings (SSSR count). The summed E-state index contributed by atoms with van der Waals surface area (Å²) in [5.41, 5.74) is 1.56. The number of thiazole rings is 1. The van der Waals surface area contributed by atoms with Crippen LogP contribution in [0.2, 0.25) is 10.0 Å². The van der Waals surface area contributed by atoms with Crippen molar-refractivity contribution in [1.29, 1.82) is 0 Å². The van der Waals surface area contributed by atoms with Crippen LogP contribution in [0, 0.1) is 0 Å². The monoisotopic (exact) mass is 457 g/mol. The van der Waals surface area contributed by atoms with Crippen LogP contribution in [0.5, 0.6) is 0 Å². The predicted molar refractivity (Wildman–Crippen MR) is 113 cm³/mol. The average Bonchev–Trinajstić information content (AvgIpc) is 3.29. The number of benzene rings is 1. The highest BCUT2D eigenvalue weighted by Crippen LogP contribution is 2.30. The first-order chi connectivity index (χ1) is 13.4. The molecule has 0 unspecified atom stereocenters. The maximum atomic E-state index is 12.2. The predicted octanol–water partition coefficient (Wildman–Crippen LogP) is 3.40. The Morgan fingerprint density at radius 2 is 2.14 bits per heavy atom. The van der Waals surface area contributed by atoms with Gasteiger partial charge in [-0.05, 0) is 36.7 Å². The molecule has 12 heteroatoms. The van der Waals surface area contributed by atoms with E-state index in [1.807, 2.05) is 30.4 Å². The van der Waals surface area contributed by atoms with Crippen molar-refractivity contribution in [2.24, 2.45) is 0 Å². The third-order valence-electron chi connectivity index (χ3n) is 3.56. The molecule has 0 fully saturated rings. The van der Waals surface area contributed by atoms with Gasteiger partial charge in [0.1, 0.15) is 0 Å². The fourth-order valence-corrected chi connectivity index (χ4v) is 3.88. The molecule has 0 atom stereocenters. The minimum absolute atomic E-state index is 0.179. The third kappa shape index (κ3) is 5.65. The van der Waals surface area contributed by atoms with Crippen molar-refractivity contribution in [1.82, 2.24) is 30.1 Å². The lowest BCUT2D eigenvalue weighted by molar-refractivity contribution is -0.113. The fraction of sp³-hybridized carbons (Fsp3) is 0.312. The first-order valence-corrected chi connectivity index (χ1v) is 10.8. The fourth-order valence-electron chi connectivity index (χ4n) is 2.14. The van der Waals surface area contributed by atoms with Crippen LogP contribution in [0.3, 0.4) is 0 Å². The van der Waals surface area contributed by atoms with E-state index in [1.165, 1.54) is 23.1 Å². The van der Waals surface area contributed by atoms with Crippen LogP contribution >= 0.6 is 46.3 Å². The summed E-state index contributed by atoms with van der Waals surface area (Å²) in [5.74, 6) is 0.00603. The first kappa shape index (κ1) is 21.0. The van der Waals surface area contributed by atoms with Crippen molar-refractivity contribution in [2.45, 2.75) is 11.7 Å². The van der Waals surface area contributed by atoms with Gasteiger partial charge in [0.05, 0.1) is 28.0 Å². The Kier molecular flexibility index (Phi) is 7.24. The largest absolute Gasteiger partial charge is 0.308 e. The Hall–Kier alpha value is -1.72. The van der Waals surface area contributed by atoms with Gasteiger partial charge in [-0.1, -0.05) is 41.0 Å². The molecule has 1 N–H and O–H groups in total. The summed E-state index contributed by atoms with van der Waals surface area (Å²) in [4.78, 5) is 18.7. The lowest BCUT2D eigenvalue weighted by Gasteiger charge is -2.09. The zero-order chi connectivity index (χ0) is 20.1. The second kappa shape index (κ2) is 9.66. The molecule has 0 saturated heterocycles. The summed E-state index contributed by atoms with van der Waals surface area (Å²) in [6, 6.07) is 5.29. The minimum atomic E-state index is -0.179. The summed E-state index contributed by atoms with van der Waals surface area (Å²) < 4.78 is 1.68. The van der Waals surface area contributed by atoms with E-state index in [-0.39, 0.29) is 11.7 Å². The highest BCUT2D eigenvalue weighted by molar-refractivity contribution is 7.99. The number of aromatic nitrogens is 5. The molecule has 28 heavy (non-hydrogen) atoms. The number of carbonyl (C=O) groups is 1. The van der Waals surface area contributed by atoms with Crippen LogP contribution in [0.4, 0.5) is 5.13 Å². The molecule has 1 aromatic carbocycles. The van der Waals surface area contributed by atoms with Gasteiger partial charge >= 0.3 is 0 Å². The Labute approximate surface area is 180 Å². The SMILES string of the molecule is CN(C)CCn1nnnc1SCC(=O)Nc1nc(-c2ccc(Cl)c(Cl)c2)cs1. The zero-order valence-electron chi connectivity index (χ0n) is 15.1. The van der Waals surface area contributed by atoms with Crippen LogP contribution < -0.4 is 5.32 Å². The molecule has 0 aliphatic rings. The van der Waals surface area contributed by atoms with Crippen LogP contribution in [0.25, 0.3) is 11.3 Å². The Balaban J connectivity index is 1.55. The molecule has 0 bridgehead atoms. The third-order valence-corrected chi connectivity index (χ3v) is 6.01. The van der Waals surface area contributed by atoms with Crippen LogP contribution in [-0.2, 0) is 11.3 Å². The van der Waals surface area contributed by atoms with E-state index in [2.05, 4.69) is 25.8 Å². The number of anilines is 1. The molecule has 3 aromatic rings. The summed E-state index contributed by atoms with van der Waals surface area (Å²) in [5, 5.41) is 18.3. The molecule has 0 spiro atoms. The molecule has 0 aliphatic heterocycles. The zero-order valence-corrected chi connectivity index (χ0v) is 18.2. The van der Waals surface area contributed by atoms with E-state index in [4.69, 9.17) is 23.2 Å². The average molecular weight is 458 g/mol. The molecule has 1 amide bonds. The number of likely N-dealkylation sites (N-methyl/N-ethyl adjacent to an activating group) is 1. The number of nitrogens with zero attached hydrogens (tertiary/aromatic N) is 6. The quantitative estimate of drug-likeness (QED) is 0.518. The van der Waals surface area contributed by atoms with Gasteiger partial charge in [-0.25, -0.2) is 9.67 Å². The number of carbonyl (C=O) groups excluding carboxylic acids is 1. The summed E-state index contributed by atoms with van der Waals surface area (Å²) in [6.07, 6.45) is 0. The number of hydrogen-bond donors (Lipinski definition) is 1. The number of hydrogen-bond acceptors (Lipinski definition) is 8. The molecule has 0 aliphatic carbocycles. The maximum Gasteiger partial charge on any atom is 0.236 e. The van der Waals surface area contributed by atoms with Gasteiger partial charge < -0.3 is 10.2 Å². The van der Waals surface area contributed by atoms with Crippen molar-refractivity contribution in [3.63, 3.8) is 0 Å². The summed E-state index contributed by atoms with van der Waals surface area (Å²) >= 11 is 14.6. The molecular formula is C16H17Cl2N7OS2. The second-order valence-electron chi connectivity index (χ2n) is 5.99. The summed E-state index contributed by atoms with van der Waals surface area (Å²) in [7, 11) is 3.95. The minimum Gasteiger partial charge on any atom is -0.308 e. The Morgan fingerprint density at radius 3 is 2.89 bits per heavy atom. The van der Waals surface area contributed by atoms with Gasteiger partial charge in [0.25, 0.3) is 0 Å². The standard InChI is InChI=1S/C16H17Cl2N7OS2/c1-24(2)5-6-25-16(21-22-23-25)28-9-14(26)20-15-19-13(8-27-15)10-3-4-11(17)12(18)7-10/h3-4,7-8H,5-6,9H2,1-2H3,(H,19,20,26). The van der Waals surface area contributed by atoms with Gasteiger partial charge in [0.15, 0.2) is 5.13 Å². The second-order valence-corrected chi connectivity index (χ2v) is 8.61. The smallest absolute Gasteiger partial charge is 0.236 e. The maximum absolute atomic E-state index is 12.2. The molecule has 148 valence electrons. The van der Waals surface area contributed by atoms with Gasteiger partial charge in [-0.2, -0.15) is 0 Å². The van der Waals surface area contributed by atoms with E-state index in [0.717, 1.165) is 17.8 Å². The van der Waals surface area contributed by atoms with Crippen LogP contribution in [0.1, 0.15) is 0 Å². The van der Waals surface area contributed by atoms with Crippen molar-refractivity contribution < 1.29 is 4.79 Å². The van der Waals surface area contributed by atoms with Gasteiger partial charge in [0, 0.05) is 17.5 Å². The molecule has 2 aromatic heterocycles. The Morgan fingerprint density at radius 1 is 1.32 bits per heavy atom. The molecule has 0 radical (unpaired) electrons. The topological polar surface area (TPSA) is 88.8 Å². The van der Waals surface area contributed by atoms with Gasteiger partial charge in [-0.15, -0.1) is 16.4 Å². The van der Waals surface area contributed by atoms with Crippen molar-refractivity contribution in [3.8, 4) is 11.3 Å². The van der Waals surface area contributed by atoms with Gasteiger partial charge in [0.2, 0.25) is 11.1 Å². The number of amides is 1. The molecule has 2 heterocycles. The summed E-state index contributed by atoms with van der Waals surface area (Å²) in [6.45, 7) is 1.46. The van der Waals surface area contributed by atoms with Crippen LogP contribution in [0.15, 0.2) is 28.7 Å². The van der Waals surface area contributed by atoms with E-state index in [9.17, 15) is 4.79 Å². The van der Waals surface area contributed by atoms with E-state index in [0.29, 0.717) is 26.9 Å². The van der Waals surface area contributed by atoms with Gasteiger partial charge in [-0.3, -0.25) is 4.79 Å². The van der Waals surface area contributed by atoms with E-state index in [1.54, 1.807) is 16.8 Å². The first-order valence-electron chi connectivity index (χ1n) is 8.17. The molecular weight excluding hydrogens is 441 g/mol. The van der Waals surface area contributed by atoms with E-state index < -0.39 is 0 Å². The number of halogens is 2.